The number of methoxy groups -OCH3 is 2. The molecular weight excluding hydrogens is 505 g/mol. The van der Waals surface area contributed by atoms with E-state index in [0.29, 0.717) is 11.5 Å². The third kappa shape index (κ3) is 3.99. The zero-order chi connectivity index (χ0) is 18.0. The first-order valence-electron chi connectivity index (χ1n) is 8.22. The molecule has 0 saturated carbocycles. The maximum atomic E-state index is 5.50. The maximum Gasteiger partial charge on any atom is 0.0647 e. The molecule has 0 unspecified atom stereocenters. The van der Waals surface area contributed by atoms with Gasteiger partial charge in [0.2, 0.25) is 0 Å². The summed E-state index contributed by atoms with van der Waals surface area (Å²) in [5.74, 6) is 1.41. The molecule has 0 spiro atoms. The zero-order valence-corrected chi connectivity index (χ0v) is 17.9. The van der Waals surface area contributed by atoms with Gasteiger partial charge in [-0.05, 0) is 54.8 Å². The second-order valence-electron chi connectivity index (χ2n) is 6.19. The summed E-state index contributed by atoms with van der Waals surface area (Å²) in [6.45, 7) is 6.42. The van der Waals surface area contributed by atoms with Crippen LogP contribution in [0.2, 0.25) is 0 Å². The molecule has 3 aromatic rings. The fourth-order valence-corrected chi connectivity index (χ4v) is 3.29. The molecule has 2 aromatic carbocycles. The van der Waals surface area contributed by atoms with Gasteiger partial charge < -0.3 is 14.5 Å². The molecule has 1 heterocycles. The van der Waals surface area contributed by atoms with Crippen LogP contribution in [0.15, 0.2) is 42.6 Å². The minimum absolute atomic E-state index is 0. The van der Waals surface area contributed by atoms with Crippen molar-refractivity contribution in [2.24, 2.45) is 0 Å². The van der Waals surface area contributed by atoms with E-state index in [-0.39, 0.29) is 21.1 Å². The molecule has 3 rings (SSSR count). The number of benzene rings is 2. The summed E-state index contributed by atoms with van der Waals surface area (Å²) in [7, 11) is 3.27. The van der Waals surface area contributed by atoms with Gasteiger partial charge in [0.15, 0.2) is 0 Å². The number of ether oxygens (including phenoxy) is 2. The average molecular weight is 528 g/mol. The van der Waals surface area contributed by atoms with Crippen LogP contribution in [-0.4, -0.2) is 19.2 Å². The molecule has 138 valence electrons. The van der Waals surface area contributed by atoms with Crippen LogP contribution in [0.4, 0.5) is 0 Å². The first-order valence-corrected chi connectivity index (χ1v) is 8.22. The van der Waals surface area contributed by atoms with Gasteiger partial charge in [-0.3, -0.25) is 0 Å². The van der Waals surface area contributed by atoms with Crippen LogP contribution in [0.1, 0.15) is 16.7 Å². The smallest absolute Gasteiger partial charge is 0.0647 e. The van der Waals surface area contributed by atoms with Gasteiger partial charge in [0.05, 0.1) is 14.2 Å². The second-order valence-corrected chi connectivity index (χ2v) is 6.19. The Hall–Kier alpha value is -2.12. The molecule has 0 amide bonds. The monoisotopic (exact) mass is 527 g/mol. The van der Waals surface area contributed by atoms with Crippen molar-refractivity contribution >= 4 is 0 Å². The number of hydrogen-bond acceptors (Lipinski definition) is 3. The Morgan fingerprint density at radius 2 is 1.62 bits per heavy atom. The van der Waals surface area contributed by atoms with Gasteiger partial charge in [0, 0.05) is 38.8 Å². The van der Waals surface area contributed by atoms with E-state index in [0.717, 1.165) is 16.8 Å². The number of hydrogen-bond donors (Lipinski definition) is 0. The molecule has 0 N–H and O–H groups in total. The molecule has 0 saturated heterocycles. The van der Waals surface area contributed by atoms with Crippen LogP contribution in [0.3, 0.4) is 0 Å². The van der Waals surface area contributed by atoms with E-state index in [2.05, 4.69) is 50.0 Å². The Morgan fingerprint density at radius 3 is 2.23 bits per heavy atom. The average Bonchev–Trinajstić information content (AvgIpc) is 2.60. The molecule has 4 heteroatoms. The molecule has 1 aromatic heterocycles. The van der Waals surface area contributed by atoms with Crippen molar-refractivity contribution in [3.63, 3.8) is 0 Å². The van der Waals surface area contributed by atoms with Crippen LogP contribution >= 0.6 is 0 Å². The quantitative estimate of drug-likeness (QED) is 0.440. The van der Waals surface area contributed by atoms with Gasteiger partial charge in [-0.15, -0.1) is 12.1 Å². The van der Waals surface area contributed by atoms with Crippen molar-refractivity contribution in [3.05, 3.63) is 65.4 Å². The molecular formula is C22H22NO2Pt-. The fraction of sp³-hybridized carbons (Fsp3) is 0.227. The Morgan fingerprint density at radius 1 is 0.923 bits per heavy atom. The first kappa shape index (κ1) is 20.2. The summed E-state index contributed by atoms with van der Waals surface area (Å²) >= 11 is 0. The minimum atomic E-state index is 0. The van der Waals surface area contributed by atoms with Crippen LogP contribution in [0.5, 0.6) is 11.5 Å². The Bertz CT molecular complexity index is 899. The normalized spacial score (nSPS) is 10.2. The molecule has 0 atom stereocenters. The predicted molar refractivity (Wildman–Crippen MR) is 101 cm³/mol. The fourth-order valence-electron chi connectivity index (χ4n) is 3.29. The van der Waals surface area contributed by atoms with Crippen molar-refractivity contribution in [2.45, 2.75) is 20.8 Å². The summed E-state index contributed by atoms with van der Waals surface area (Å²) < 4.78 is 10.8. The van der Waals surface area contributed by atoms with Gasteiger partial charge in [-0.2, -0.15) is 0 Å². The topological polar surface area (TPSA) is 31.4 Å². The molecule has 0 aliphatic rings. The van der Waals surface area contributed by atoms with E-state index in [9.17, 15) is 0 Å². The first-order chi connectivity index (χ1) is 12.0. The third-order valence-electron chi connectivity index (χ3n) is 4.32. The van der Waals surface area contributed by atoms with Crippen LogP contribution in [-0.2, 0) is 21.1 Å². The summed E-state index contributed by atoms with van der Waals surface area (Å²) in [5, 5.41) is 0. The molecule has 3 nitrogen and oxygen atoms in total. The molecule has 0 fully saturated rings. The van der Waals surface area contributed by atoms with Gasteiger partial charge in [0.1, 0.15) is 0 Å². The van der Waals surface area contributed by atoms with Crippen LogP contribution in [0.25, 0.3) is 22.4 Å². The molecule has 0 aliphatic carbocycles. The van der Waals surface area contributed by atoms with E-state index in [1.807, 2.05) is 18.3 Å². The molecule has 0 radical (unpaired) electrons. The van der Waals surface area contributed by atoms with E-state index in [1.54, 1.807) is 20.3 Å². The molecule has 26 heavy (non-hydrogen) atoms. The second kappa shape index (κ2) is 8.51. The standard InChI is InChI=1S/C22H22NO2.Pt/c1-14-10-15(2)22(16(3)11-14)17-8-9-23-20(12-17)19-7-6-18(24-4)13-21(19)25-5;/h6,8-13H,1-5H3;/q-1;. The van der Waals surface area contributed by atoms with Crippen LogP contribution in [0, 0.1) is 26.8 Å². The molecule has 0 aliphatic heterocycles. The predicted octanol–water partition coefficient (Wildman–Crippen LogP) is 5.16. The van der Waals surface area contributed by atoms with Gasteiger partial charge in [0.25, 0.3) is 0 Å². The number of pyridine rings is 1. The maximum absolute atomic E-state index is 5.50. The minimum Gasteiger partial charge on any atom is -0.540 e. The van der Waals surface area contributed by atoms with E-state index in [1.165, 1.54) is 22.3 Å². The summed E-state index contributed by atoms with van der Waals surface area (Å²) in [4.78, 5) is 4.52. The van der Waals surface area contributed by atoms with Crippen LogP contribution < -0.4 is 9.47 Å². The van der Waals surface area contributed by atoms with Crippen molar-refractivity contribution < 1.29 is 30.5 Å². The number of aryl methyl sites for hydroxylation is 3. The van der Waals surface area contributed by atoms with Crippen molar-refractivity contribution in [1.29, 1.82) is 0 Å². The van der Waals surface area contributed by atoms with Crippen molar-refractivity contribution in [1.82, 2.24) is 4.98 Å². The number of nitrogens with zero attached hydrogens (tertiary/aromatic N) is 1. The Balaban J connectivity index is 0.00000243. The largest absolute Gasteiger partial charge is 0.540 e. The van der Waals surface area contributed by atoms with Crippen molar-refractivity contribution in [2.75, 3.05) is 14.2 Å². The summed E-state index contributed by atoms with van der Waals surface area (Å²) in [5.41, 5.74) is 7.86. The van der Waals surface area contributed by atoms with E-state index in [4.69, 9.17) is 9.47 Å². The Kier molecular flexibility index (Phi) is 6.61. The SMILES string of the molecule is COc1c[c-]c(-c2cc(-c3c(C)cc(C)cc3C)ccn2)c(OC)c1.[Pt]. The van der Waals surface area contributed by atoms with Gasteiger partial charge >= 0.3 is 0 Å². The summed E-state index contributed by atoms with van der Waals surface area (Å²) in [6, 6.07) is 15.4. The number of rotatable bonds is 4. The van der Waals surface area contributed by atoms with E-state index < -0.39 is 0 Å². The zero-order valence-electron chi connectivity index (χ0n) is 15.6. The molecule has 0 bridgehead atoms. The summed E-state index contributed by atoms with van der Waals surface area (Å²) in [6.07, 6.45) is 1.83. The number of aromatic nitrogens is 1. The van der Waals surface area contributed by atoms with Gasteiger partial charge in [-0.25, -0.2) is 0 Å². The van der Waals surface area contributed by atoms with Crippen molar-refractivity contribution in [3.8, 4) is 33.9 Å². The van der Waals surface area contributed by atoms with E-state index >= 15 is 0 Å². The third-order valence-corrected chi connectivity index (χ3v) is 4.32. The van der Waals surface area contributed by atoms with Gasteiger partial charge in [-0.1, -0.05) is 35.4 Å². The Labute approximate surface area is 169 Å².